The molecule has 1 aliphatic carbocycles. The van der Waals surface area contributed by atoms with Crippen LogP contribution in [-0.2, 0) is 0 Å². The van der Waals surface area contributed by atoms with E-state index in [4.69, 9.17) is 16.9 Å². The van der Waals surface area contributed by atoms with Crippen molar-refractivity contribution in [2.75, 3.05) is 12.4 Å². The predicted molar refractivity (Wildman–Crippen MR) is 114 cm³/mol. The predicted octanol–water partition coefficient (Wildman–Crippen LogP) is 6.44. The van der Waals surface area contributed by atoms with E-state index >= 15 is 0 Å². The van der Waals surface area contributed by atoms with Gasteiger partial charge in [0.15, 0.2) is 0 Å². The summed E-state index contributed by atoms with van der Waals surface area (Å²) >= 11 is 5.07. The zero-order chi connectivity index (χ0) is 19.8. The van der Waals surface area contributed by atoms with E-state index in [9.17, 15) is 0 Å². The Morgan fingerprint density at radius 1 is 1.40 bits per heavy atom. The van der Waals surface area contributed by atoms with Crippen LogP contribution in [0.1, 0.15) is 48.5 Å². The molecule has 0 amide bonds. The lowest BCUT2D eigenvalue weighted by molar-refractivity contribution is 0.239. The SMILES string of the molecule is C/C=C/C(C)N(CC)C1C=CC(C#N)=C(C)C(C)=C1.C=CCCl.CC. The van der Waals surface area contributed by atoms with Crippen molar-refractivity contribution in [3.05, 3.63) is 59.8 Å². The molecular weight excluding hydrogens is 328 g/mol. The molecule has 0 fully saturated rings. The molecule has 2 nitrogen and oxygen atoms in total. The highest BCUT2D eigenvalue weighted by atomic mass is 35.5. The lowest BCUT2D eigenvalue weighted by atomic mass is 10.0. The third-order valence-electron chi connectivity index (χ3n) is 3.85. The van der Waals surface area contributed by atoms with Crippen molar-refractivity contribution in [2.24, 2.45) is 0 Å². The van der Waals surface area contributed by atoms with Crippen molar-refractivity contribution in [3.63, 3.8) is 0 Å². The minimum Gasteiger partial charge on any atom is -0.288 e. The Morgan fingerprint density at radius 3 is 2.36 bits per heavy atom. The summed E-state index contributed by atoms with van der Waals surface area (Å²) in [6.45, 7) is 18.9. The highest BCUT2D eigenvalue weighted by Gasteiger charge is 2.19. The third-order valence-corrected chi connectivity index (χ3v) is 4.07. The van der Waals surface area contributed by atoms with Crippen molar-refractivity contribution >= 4 is 11.6 Å². The number of allylic oxidation sites excluding steroid dienone is 6. The molecule has 0 aromatic heterocycles. The van der Waals surface area contributed by atoms with Gasteiger partial charge < -0.3 is 0 Å². The molecule has 0 bridgehead atoms. The number of hydrogen-bond acceptors (Lipinski definition) is 2. The fourth-order valence-corrected chi connectivity index (χ4v) is 2.46. The number of nitriles is 1. The molecule has 2 atom stereocenters. The first kappa shape index (κ1) is 25.7. The van der Waals surface area contributed by atoms with E-state index in [0.717, 1.165) is 17.7 Å². The first-order valence-corrected chi connectivity index (χ1v) is 9.53. The zero-order valence-corrected chi connectivity index (χ0v) is 17.8. The first-order chi connectivity index (χ1) is 12.0. The second-order valence-corrected chi connectivity index (χ2v) is 5.70. The maximum atomic E-state index is 9.17. The van der Waals surface area contributed by atoms with Gasteiger partial charge in [-0.15, -0.1) is 18.2 Å². The van der Waals surface area contributed by atoms with Gasteiger partial charge in [0.25, 0.3) is 0 Å². The Balaban J connectivity index is 0. The van der Waals surface area contributed by atoms with E-state index in [0.29, 0.717) is 11.9 Å². The van der Waals surface area contributed by atoms with E-state index in [-0.39, 0.29) is 6.04 Å². The molecule has 0 aromatic rings. The summed E-state index contributed by atoms with van der Waals surface area (Å²) in [6.07, 6.45) is 12.3. The summed E-state index contributed by atoms with van der Waals surface area (Å²) in [5, 5.41) is 9.17. The normalized spacial score (nSPS) is 17.6. The number of alkyl halides is 1. The van der Waals surface area contributed by atoms with Crippen LogP contribution < -0.4 is 0 Å². The molecule has 0 radical (unpaired) electrons. The van der Waals surface area contributed by atoms with E-state index in [1.165, 1.54) is 5.57 Å². The molecule has 1 rings (SSSR count). The molecular formula is C22H35ClN2. The number of hydrogen-bond donors (Lipinski definition) is 0. The molecule has 0 saturated heterocycles. The molecule has 0 heterocycles. The van der Waals surface area contributed by atoms with Gasteiger partial charge in [0, 0.05) is 18.0 Å². The van der Waals surface area contributed by atoms with Crippen LogP contribution in [-0.4, -0.2) is 29.4 Å². The van der Waals surface area contributed by atoms with E-state index < -0.39 is 0 Å². The van der Waals surface area contributed by atoms with Crippen LogP contribution in [0.4, 0.5) is 0 Å². The van der Waals surface area contributed by atoms with Crippen LogP contribution in [0.25, 0.3) is 0 Å². The minimum absolute atomic E-state index is 0.247. The van der Waals surface area contributed by atoms with Crippen LogP contribution in [0.2, 0.25) is 0 Å². The van der Waals surface area contributed by atoms with Crippen LogP contribution in [0, 0.1) is 11.3 Å². The second kappa shape index (κ2) is 15.9. The standard InChI is InChI=1S/C17H24N2.C3H5Cl.C2H6/c1-6-8-14(4)19(7-2)17-10-9-16(12-18)15(5)13(3)11-17;1-2-3-4;1-2/h6,8-11,14,17H,7H2,1-5H3;2H,1,3H2;1-2H3/b8-6+;;. The zero-order valence-electron chi connectivity index (χ0n) is 17.0. The van der Waals surface area contributed by atoms with Crippen LogP contribution in [0.15, 0.2) is 59.8 Å². The number of nitrogens with zero attached hydrogens (tertiary/aromatic N) is 2. The third kappa shape index (κ3) is 9.48. The summed E-state index contributed by atoms with van der Waals surface area (Å²) < 4.78 is 0. The average Bonchev–Trinajstić information content (AvgIpc) is 2.77. The first-order valence-electron chi connectivity index (χ1n) is 9.00. The second-order valence-electron chi connectivity index (χ2n) is 5.39. The fourth-order valence-electron chi connectivity index (χ4n) is 2.46. The largest absolute Gasteiger partial charge is 0.288 e. The van der Waals surface area contributed by atoms with E-state index in [1.54, 1.807) is 6.08 Å². The van der Waals surface area contributed by atoms with Gasteiger partial charge in [-0.05, 0) is 51.5 Å². The molecule has 0 saturated carbocycles. The average molecular weight is 363 g/mol. The smallest absolute Gasteiger partial charge is 0.0994 e. The van der Waals surface area contributed by atoms with Gasteiger partial charge in [-0.2, -0.15) is 5.26 Å². The van der Waals surface area contributed by atoms with Crippen LogP contribution in [0.5, 0.6) is 0 Å². The molecule has 0 aromatic carbocycles. The quantitative estimate of drug-likeness (QED) is 0.416. The lowest BCUT2D eigenvalue weighted by Crippen LogP contribution is -2.38. The van der Waals surface area contributed by atoms with Crippen molar-refractivity contribution in [1.82, 2.24) is 4.90 Å². The maximum absolute atomic E-state index is 9.17. The highest BCUT2D eigenvalue weighted by Crippen LogP contribution is 2.22. The molecule has 25 heavy (non-hydrogen) atoms. The Morgan fingerprint density at radius 2 is 1.96 bits per heavy atom. The summed E-state index contributed by atoms with van der Waals surface area (Å²) in [6, 6.07) is 2.91. The van der Waals surface area contributed by atoms with Crippen LogP contribution >= 0.6 is 11.6 Å². The molecule has 1 aliphatic rings. The molecule has 140 valence electrons. The van der Waals surface area contributed by atoms with Gasteiger partial charge in [-0.25, -0.2) is 0 Å². The van der Waals surface area contributed by atoms with E-state index in [1.807, 2.05) is 33.8 Å². The van der Waals surface area contributed by atoms with Crippen molar-refractivity contribution in [3.8, 4) is 6.07 Å². The summed E-state index contributed by atoms with van der Waals surface area (Å²) in [7, 11) is 0. The molecule has 0 aliphatic heterocycles. The summed E-state index contributed by atoms with van der Waals surface area (Å²) in [4.78, 5) is 2.41. The van der Waals surface area contributed by atoms with Crippen molar-refractivity contribution in [2.45, 2.75) is 60.5 Å². The Kier molecular flexibility index (Phi) is 16.4. The van der Waals surface area contributed by atoms with Gasteiger partial charge >= 0.3 is 0 Å². The lowest BCUT2D eigenvalue weighted by Gasteiger charge is -2.31. The highest BCUT2D eigenvalue weighted by molar-refractivity contribution is 6.18. The van der Waals surface area contributed by atoms with Gasteiger partial charge in [0.1, 0.15) is 0 Å². The fraction of sp³-hybridized carbons (Fsp3) is 0.500. The van der Waals surface area contributed by atoms with Gasteiger partial charge in [0.2, 0.25) is 0 Å². The molecule has 2 unspecified atom stereocenters. The minimum atomic E-state index is 0.247. The number of rotatable bonds is 5. The number of likely N-dealkylation sites (N-methyl/N-ethyl adjacent to an activating group) is 1. The van der Waals surface area contributed by atoms with Gasteiger partial charge in [-0.3, -0.25) is 4.90 Å². The van der Waals surface area contributed by atoms with Gasteiger partial charge in [-0.1, -0.05) is 51.2 Å². The van der Waals surface area contributed by atoms with Crippen molar-refractivity contribution < 1.29 is 0 Å². The molecule has 3 heteroatoms. The van der Waals surface area contributed by atoms with E-state index in [2.05, 4.69) is 62.6 Å². The summed E-state index contributed by atoms with van der Waals surface area (Å²) in [5.74, 6) is 0.556. The van der Waals surface area contributed by atoms with Gasteiger partial charge in [0.05, 0.1) is 11.6 Å². The Bertz CT molecular complexity index is 533. The maximum Gasteiger partial charge on any atom is 0.0994 e. The topological polar surface area (TPSA) is 27.0 Å². The Hall–Kier alpha value is -1.56. The number of halogens is 1. The Labute approximate surface area is 160 Å². The summed E-state index contributed by atoms with van der Waals surface area (Å²) in [5.41, 5.74) is 3.04. The molecule has 0 N–H and O–H groups in total. The van der Waals surface area contributed by atoms with Crippen molar-refractivity contribution in [1.29, 1.82) is 5.26 Å². The van der Waals surface area contributed by atoms with Crippen LogP contribution in [0.3, 0.4) is 0 Å². The monoisotopic (exact) mass is 362 g/mol. The molecule has 0 spiro atoms.